The second-order valence-corrected chi connectivity index (χ2v) is 16.1. The average molecular weight is 565 g/mol. The van der Waals surface area contributed by atoms with Crippen molar-refractivity contribution in [1.29, 1.82) is 0 Å². The first-order chi connectivity index (χ1) is 19.3. The lowest BCUT2D eigenvalue weighted by atomic mass is 9.85. The van der Waals surface area contributed by atoms with E-state index in [1.165, 1.54) is 11.1 Å². The molecule has 0 unspecified atom stereocenters. The summed E-state index contributed by atoms with van der Waals surface area (Å²) in [6.07, 6.45) is 7.59. The standard InChI is InChI=1S/C37H48N4O/c1-34(2,3)25-14-22-17-32-27(36(7,8)9)19-29(41-32)24(20-42)33-28(37(10,11)12)15-23(40-33)18-31-26(35(4,5)6)13-21(38-31)16-30(25)39-22/h13-20,38-41H,1-12H3. The maximum Gasteiger partial charge on any atom is 0.154 e. The van der Waals surface area contributed by atoms with Gasteiger partial charge in [0.2, 0.25) is 0 Å². The van der Waals surface area contributed by atoms with E-state index in [0.717, 1.165) is 61.6 Å². The molecule has 0 radical (unpaired) electrons. The second-order valence-electron chi connectivity index (χ2n) is 16.1. The first kappa shape index (κ1) is 29.8. The highest BCUT2D eigenvalue weighted by atomic mass is 16.1. The number of carbonyl (C=O) groups excluding carboxylic acids is 1. The fraction of sp³-hybridized carbons (Fsp3) is 0.432. The third-order valence-electron chi connectivity index (χ3n) is 8.23. The molecule has 8 bridgehead atoms. The Hall–Kier alpha value is -3.73. The van der Waals surface area contributed by atoms with E-state index >= 15 is 0 Å². The lowest BCUT2D eigenvalue weighted by Crippen LogP contribution is -2.25. The minimum atomic E-state index is -0.172. The van der Waals surface area contributed by atoms with Gasteiger partial charge in [0.25, 0.3) is 0 Å². The van der Waals surface area contributed by atoms with Gasteiger partial charge < -0.3 is 19.9 Å². The smallest absolute Gasteiger partial charge is 0.154 e. The molecule has 1 aliphatic heterocycles. The molecule has 0 saturated heterocycles. The minimum Gasteiger partial charge on any atom is -0.355 e. The number of aromatic amines is 4. The molecular formula is C37H48N4O. The number of aldehydes is 1. The zero-order valence-electron chi connectivity index (χ0n) is 27.5. The van der Waals surface area contributed by atoms with Crippen molar-refractivity contribution >= 4 is 30.1 Å². The summed E-state index contributed by atoms with van der Waals surface area (Å²) in [6, 6.07) is 8.88. The van der Waals surface area contributed by atoms with Gasteiger partial charge >= 0.3 is 0 Å². The third kappa shape index (κ3) is 5.54. The number of hydrogen-bond donors (Lipinski definition) is 4. The Labute approximate surface area is 250 Å². The predicted molar refractivity (Wildman–Crippen MR) is 176 cm³/mol. The van der Waals surface area contributed by atoms with Crippen LogP contribution in [0.2, 0.25) is 0 Å². The maximum absolute atomic E-state index is 12.9. The van der Waals surface area contributed by atoms with Crippen LogP contribution >= 0.6 is 0 Å². The van der Waals surface area contributed by atoms with Crippen LogP contribution < -0.4 is 21.4 Å². The molecule has 0 aromatic carbocycles. The molecule has 4 N–H and O–H groups in total. The highest BCUT2D eigenvalue weighted by molar-refractivity contribution is 6.05. The Morgan fingerprint density at radius 2 is 1.02 bits per heavy atom. The summed E-state index contributed by atoms with van der Waals surface area (Å²) < 4.78 is 0. The summed E-state index contributed by atoms with van der Waals surface area (Å²) in [5, 5.41) is 3.94. The van der Waals surface area contributed by atoms with E-state index in [1.807, 2.05) is 0 Å². The van der Waals surface area contributed by atoms with E-state index in [4.69, 9.17) is 0 Å². The minimum absolute atomic E-state index is 0.0539. The van der Waals surface area contributed by atoms with Crippen LogP contribution in [0.4, 0.5) is 0 Å². The molecule has 5 nitrogen and oxygen atoms in total. The monoisotopic (exact) mass is 564 g/mol. The maximum atomic E-state index is 12.9. The second kappa shape index (κ2) is 9.65. The molecule has 4 aromatic rings. The van der Waals surface area contributed by atoms with Crippen molar-refractivity contribution in [2.24, 2.45) is 0 Å². The summed E-state index contributed by atoms with van der Waals surface area (Å²) >= 11 is 0. The van der Waals surface area contributed by atoms with Gasteiger partial charge in [-0.2, -0.15) is 0 Å². The molecular weight excluding hydrogens is 516 g/mol. The number of nitrogens with one attached hydrogen (secondary N) is 4. The highest BCUT2D eigenvalue weighted by Gasteiger charge is 2.25. The summed E-state index contributed by atoms with van der Waals surface area (Å²) in [5.74, 6) is 0. The van der Waals surface area contributed by atoms with Crippen LogP contribution in [0.1, 0.15) is 128 Å². The number of rotatable bonds is 1. The summed E-state index contributed by atoms with van der Waals surface area (Å²) in [5.41, 5.74) is 8.92. The lowest BCUT2D eigenvalue weighted by Gasteiger charge is -2.18. The molecule has 1 aliphatic rings. The van der Waals surface area contributed by atoms with Gasteiger partial charge in [-0.15, -0.1) is 0 Å². The number of hydrogen-bond acceptors (Lipinski definition) is 1. The van der Waals surface area contributed by atoms with Crippen molar-refractivity contribution in [3.63, 3.8) is 0 Å². The van der Waals surface area contributed by atoms with Crippen LogP contribution in [-0.4, -0.2) is 26.2 Å². The van der Waals surface area contributed by atoms with E-state index < -0.39 is 0 Å². The van der Waals surface area contributed by atoms with E-state index in [2.05, 4.69) is 146 Å². The van der Waals surface area contributed by atoms with Crippen molar-refractivity contribution in [2.75, 3.05) is 0 Å². The first-order valence-electron chi connectivity index (χ1n) is 15.1. The molecule has 0 fully saturated rings. The van der Waals surface area contributed by atoms with E-state index in [9.17, 15) is 4.79 Å². The van der Waals surface area contributed by atoms with Crippen LogP contribution in [0.25, 0.3) is 23.8 Å². The van der Waals surface area contributed by atoms with Gasteiger partial charge in [-0.25, -0.2) is 0 Å². The van der Waals surface area contributed by atoms with Crippen LogP contribution in [0.5, 0.6) is 0 Å². The largest absolute Gasteiger partial charge is 0.355 e. The van der Waals surface area contributed by atoms with E-state index in [-0.39, 0.29) is 21.7 Å². The molecule has 4 aromatic heterocycles. The zero-order valence-corrected chi connectivity index (χ0v) is 27.5. The summed E-state index contributed by atoms with van der Waals surface area (Å²) in [6.45, 7) is 26.7. The number of carbonyl (C=O) groups is 1. The molecule has 0 amide bonds. The Morgan fingerprint density at radius 1 is 0.524 bits per heavy atom. The topological polar surface area (TPSA) is 80.2 Å². The Bertz CT molecular complexity index is 1920. The quantitative estimate of drug-likeness (QED) is 0.230. The molecule has 5 rings (SSSR count). The Balaban J connectivity index is 2.00. The van der Waals surface area contributed by atoms with Gasteiger partial charge in [-0.1, -0.05) is 83.1 Å². The summed E-state index contributed by atoms with van der Waals surface area (Å²) in [4.78, 5) is 27.6. The van der Waals surface area contributed by atoms with Crippen molar-refractivity contribution in [1.82, 2.24) is 19.9 Å². The van der Waals surface area contributed by atoms with Crippen LogP contribution in [0.15, 0.2) is 24.3 Å². The van der Waals surface area contributed by atoms with Gasteiger partial charge in [0, 0.05) is 33.1 Å². The Kier molecular flexibility index (Phi) is 6.84. The number of H-pyrrole nitrogens is 4. The van der Waals surface area contributed by atoms with Crippen LogP contribution in [-0.2, 0) is 26.5 Å². The van der Waals surface area contributed by atoms with Crippen molar-refractivity contribution in [3.8, 4) is 0 Å². The molecule has 0 spiro atoms. The van der Waals surface area contributed by atoms with Gasteiger partial charge in [0.1, 0.15) is 0 Å². The molecule has 0 atom stereocenters. The van der Waals surface area contributed by atoms with E-state index in [1.54, 1.807) is 0 Å². The molecule has 5 heterocycles. The van der Waals surface area contributed by atoms with E-state index in [0.29, 0.717) is 5.57 Å². The van der Waals surface area contributed by atoms with Gasteiger partial charge in [0.15, 0.2) is 6.29 Å². The number of aromatic nitrogens is 4. The number of fused-ring (bicyclic) bond motifs is 8. The fourth-order valence-corrected chi connectivity index (χ4v) is 6.04. The van der Waals surface area contributed by atoms with Gasteiger partial charge in [-0.05, 0) is 86.4 Å². The van der Waals surface area contributed by atoms with Crippen molar-refractivity contribution < 1.29 is 4.79 Å². The van der Waals surface area contributed by atoms with Crippen molar-refractivity contribution in [3.05, 3.63) is 90.7 Å². The normalized spacial score (nSPS) is 14.3. The van der Waals surface area contributed by atoms with Crippen molar-refractivity contribution in [2.45, 2.75) is 105 Å². The molecule has 42 heavy (non-hydrogen) atoms. The molecule has 222 valence electrons. The predicted octanol–water partition coefficient (Wildman–Crippen LogP) is 5.39. The highest BCUT2D eigenvalue weighted by Crippen LogP contribution is 2.30. The first-order valence-corrected chi connectivity index (χ1v) is 15.1. The van der Waals surface area contributed by atoms with Crippen LogP contribution in [0.3, 0.4) is 0 Å². The van der Waals surface area contributed by atoms with Crippen LogP contribution in [0, 0.1) is 0 Å². The zero-order chi connectivity index (χ0) is 31.0. The molecule has 5 heteroatoms. The molecule has 0 aliphatic carbocycles. The fourth-order valence-electron chi connectivity index (χ4n) is 6.04. The molecule has 0 saturated carbocycles. The summed E-state index contributed by atoms with van der Waals surface area (Å²) in [7, 11) is 0. The Morgan fingerprint density at radius 3 is 1.57 bits per heavy atom. The SMILES string of the molecule is CC(C)(C)c1cc2[nH]c1C=c1cc(C(C)(C)C)c([nH]1)=C(C=O)c1cc(C(C)(C)C)c([nH]1)C=c1cc(C(C)(C)C)c([nH]1)=C2. The van der Waals surface area contributed by atoms with Gasteiger partial charge in [-0.3, -0.25) is 4.79 Å². The third-order valence-corrected chi connectivity index (χ3v) is 8.23. The van der Waals surface area contributed by atoms with Gasteiger partial charge in [0.05, 0.1) is 16.6 Å². The lowest BCUT2D eigenvalue weighted by molar-refractivity contribution is -0.103. The average Bonchev–Trinajstić information content (AvgIpc) is 3.59.